The van der Waals surface area contributed by atoms with Crippen molar-refractivity contribution in [3.63, 3.8) is 0 Å². The van der Waals surface area contributed by atoms with Crippen molar-refractivity contribution < 1.29 is 34.1 Å². The highest BCUT2D eigenvalue weighted by Gasteiger charge is 2.18. The van der Waals surface area contributed by atoms with Crippen LogP contribution in [0.2, 0.25) is 0 Å². The molecule has 0 fully saturated rings. The van der Waals surface area contributed by atoms with Crippen molar-refractivity contribution in [1.82, 2.24) is 10.6 Å². The van der Waals surface area contributed by atoms with Crippen molar-refractivity contribution in [1.29, 1.82) is 0 Å². The maximum absolute atomic E-state index is 12.7. The predicted molar refractivity (Wildman–Crippen MR) is 199 cm³/mol. The van der Waals surface area contributed by atoms with Gasteiger partial charge in [-0.25, -0.2) is 4.79 Å². The number of ether oxygens (including phenoxy) is 1. The van der Waals surface area contributed by atoms with Gasteiger partial charge >= 0.3 is 11.9 Å². The van der Waals surface area contributed by atoms with E-state index in [2.05, 4.69) is 36.6 Å². The van der Waals surface area contributed by atoms with Gasteiger partial charge in [0.1, 0.15) is 12.1 Å². The van der Waals surface area contributed by atoms with Crippen LogP contribution >= 0.6 is 0 Å². The van der Waals surface area contributed by atoms with E-state index in [1.165, 1.54) is 109 Å². The SMILES string of the molecule is CCCCCCCC/C=C\C(CCCCCCC(=O)NCC(=O)NC(CO)C(=O)O)OC(=O)CCCCCCCCCCCCCCCC. The number of aliphatic hydroxyl groups excluding tert-OH is 1. The third-order valence-corrected chi connectivity index (χ3v) is 9.00. The van der Waals surface area contributed by atoms with E-state index in [0.29, 0.717) is 12.8 Å². The molecule has 0 aromatic rings. The standard InChI is InChI=1S/C40H74N2O7/c1-3-5-7-9-11-13-14-15-16-17-18-20-22-28-32-39(46)49-35(29-25-21-19-12-10-8-6-4-2)30-26-23-24-27-31-37(44)41-33-38(45)42-36(34-43)40(47)48/h25,29,35-36,43H,3-24,26-28,30-34H2,1-2H3,(H,41,44)(H,42,45)(H,47,48)/b29-25-. The fourth-order valence-corrected chi connectivity index (χ4v) is 5.86. The second-order valence-electron chi connectivity index (χ2n) is 13.7. The minimum Gasteiger partial charge on any atom is -0.480 e. The highest BCUT2D eigenvalue weighted by Crippen LogP contribution is 2.16. The molecule has 2 unspecified atom stereocenters. The molecule has 0 spiro atoms. The first kappa shape index (κ1) is 46.6. The van der Waals surface area contributed by atoms with Crippen molar-refractivity contribution in [3.8, 4) is 0 Å². The molecule has 0 rings (SSSR count). The summed E-state index contributed by atoms with van der Waals surface area (Å²) in [7, 11) is 0. The van der Waals surface area contributed by atoms with Gasteiger partial charge in [-0.2, -0.15) is 0 Å². The summed E-state index contributed by atoms with van der Waals surface area (Å²) in [5.74, 6) is -2.39. The summed E-state index contributed by atoms with van der Waals surface area (Å²) < 4.78 is 5.89. The topological polar surface area (TPSA) is 142 Å². The van der Waals surface area contributed by atoms with E-state index in [4.69, 9.17) is 14.9 Å². The van der Waals surface area contributed by atoms with Gasteiger partial charge in [0, 0.05) is 12.8 Å². The van der Waals surface area contributed by atoms with Crippen LogP contribution in [0, 0.1) is 0 Å². The first-order valence-electron chi connectivity index (χ1n) is 20.1. The quantitative estimate of drug-likeness (QED) is 0.0291. The Kier molecular flexibility index (Phi) is 33.7. The number of carboxylic acids is 1. The summed E-state index contributed by atoms with van der Waals surface area (Å²) in [6.45, 7) is 3.44. The molecule has 0 heterocycles. The minimum atomic E-state index is -1.39. The van der Waals surface area contributed by atoms with Crippen LogP contribution in [0.4, 0.5) is 0 Å². The number of carbonyl (C=O) groups excluding carboxylic acids is 3. The fourth-order valence-electron chi connectivity index (χ4n) is 5.86. The zero-order valence-electron chi connectivity index (χ0n) is 31.5. The molecule has 0 bridgehead atoms. The smallest absolute Gasteiger partial charge is 0.328 e. The van der Waals surface area contributed by atoms with E-state index in [9.17, 15) is 19.2 Å². The van der Waals surface area contributed by atoms with Crippen molar-refractivity contribution in [2.45, 2.75) is 206 Å². The van der Waals surface area contributed by atoms with Gasteiger partial charge < -0.3 is 25.6 Å². The molecule has 0 aliphatic rings. The van der Waals surface area contributed by atoms with Crippen molar-refractivity contribution in [2.24, 2.45) is 0 Å². The summed E-state index contributed by atoms with van der Waals surface area (Å²) in [5, 5.41) is 22.5. The number of aliphatic carboxylic acids is 1. The predicted octanol–water partition coefficient (Wildman–Crippen LogP) is 9.09. The summed E-state index contributed by atoms with van der Waals surface area (Å²) in [5.41, 5.74) is 0. The average molecular weight is 695 g/mol. The Balaban J connectivity index is 4.26. The zero-order chi connectivity index (χ0) is 36.2. The van der Waals surface area contributed by atoms with Crippen LogP contribution in [0.25, 0.3) is 0 Å². The number of hydrogen-bond donors (Lipinski definition) is 4. The van der Waals surface area contributed by atoms with Crippen LogP contribution in [-0.4, -0.2) is 59.3 Å². The highest BCUT2D eigenvalue weighted by molar-refractivity contribution is 5.87. The number of rotatable bonds is 36. The lowest BCUT2D eigenvalue weighted by atomic mass is 10.0. The molecule has 286 valence electrons. The monoisotopic (exact) mass is 695 g/mol. The first-order chi connectivity index (χ1) is 23.8. The Bertz CT molecular complexity index is 848. The van der Waals surface area contributed by atoms with E-state index < -0.39 is 24.5 Å². The van der Waals surface area contributed by atoms with Gasteiger partial charge in [-0.05, 0) is 44.6 Å². The van der Waals surface area contributed by atoms with Gasteiger partial charge in [0.15, 0.2) is 0 Å². The third-order valence-electron chi connectivity index (χ3n) is 9.00. The summed E-state index contributed by atoms with van der Waals surface area (Å²) >= 11 is 0. The number of esters is 1. The van der Waals surface area contributed by atoms with Gasteiger partial charge in [-0.3, -0.25) is 14.4 Å². The van der Waals surface area contributed by atoms with Crippen molar-refractivity contribution >= 4 is 23.8 Å². The van der Waals surface area contributed by atoms with E-state index in [0.717, 1.165) is 51.4 Å². The summed E-state index contributed by atoms with van der Waals surface area (Å²) in [4.78, 5) is 47.4. The van der Waals surface area contributed by atoms with Crippen LogP contribution in [0.5, 0.6) is 0 Å². The fraction of sp³-hybridized carbons (Fsp3) is 0.850. The summed E-state index contributed by atoms with van der Waals surface area (Å²) in [6, 6.07) is -1.39. The van der Waals surface area contributed by atoms with Crippen LogP contribution in [0.3, 0.4) is 0 Å². The largest absolute Gasteiger partial charge is 0.480 e. The number of amides is 2. The molecule has 9 nitrogen and oxygen atoms in total. The summed E-state index contributed by atoms with van der Waals surface area (Å²) in [6.07, 6.45) is 35.4. The number of unbranched alkanes of at least 4 members (excludes halogenated alkanes) is 22. The Hall–Kier alpha value is -2.42. The normalized spacial score (nSPS) is 12.6. The second kappa shape index (κ2) is 35.4. The van der Waals surface area contributed by atoms with E-state index in [-0.39, 0.29) is 30.9 Å². The number of hydrogen-bond acceptors (Lipinski definition) is 6. The molecule has 2 amide bonds. The van der Waals surface area contributed by atoms with Crippen LogP contribution < -0.4 is 10.6 Å². The van der Waals surface area contributed by atoms with Gasteiger partial charge in [-0.1, -0.05) is 148 Å². The molecule has 2 atom stereocenters. The molecule has 4 N–H and O–H groups in total. The first-order valence-corrected chi connectivity index (χ1v) is 20.1. The lowest BCUT2D eigenvalue weighted by Crippen LogP contribution is -2.47. The number of carbonyl (C=O) groups is 4. The van der Waals surface area contributed by atoms with E-state index in [1.807, 2.05) is 0 Å². The Morgan fingerprint density at radius 1 is 0.612 bits per heavy atom. The number of allylic oxidation sites excluding steroid dienone is 1. The van der Waals surface area contributed by atoms with Gasteiger partial charge in [0.25, 0.3) is 0 Å². The lowest BCUT2D eigenvalue weighted by Gasteiger charge is -2.15. The molecule has 0 aliphatic carbocycles. The minimum absolute atomic E-state index is 0.109. The van der Waals surface area contributed by atoms with Crippen molar-refractivity contribution in [2.75, 3.05) is 13.2 Å². The molecular weight excluding hydrogens is 620 g/mol. The third kappa shape index (κ3) is 32.5. The Morgan fingerprint density at radius 3 is 1.59 bits per heavy atom. The van der Waals surface area contributed by atoms with Crippen LogP contribution in [0.15, 0.2) is 12.2 Å². The second-order valence-corrected chi connectivity index (χ2v) is 13.7. The molecule has 0 aromatic carbocycles. The van der Waals surface area contributed by atoms with Gasteiger partial charge in [-0.15, -0.1) is 0 Å². The Labute approximate surface area is 299 Å². The average Bonchev–Trinajstić information content (AvgIpc) is 3.08. The van der Waals surface area contributed by atoms with Crippen molar-refractivity contribution in [3.05, 3.63) is 12.2 Å². The van der Waals surface area contributed by atoms with Gasteiger partial charge in [0.2, 0.25) is 11.8 Å². The van der Waals surface area contributed by atoms with E-state index >= 15 is 0 Å². The maximum Gasteiger partial charge on any atom is 0.328 e. The molecule has 0 aromatic heterocycles. The van der Waals surface area contributed by atoms with E-state index in [1.54, 1.807) is 0 Å². The molecule has 0 saturated heterocycles. The molecular formula is C40H74N2O7. The van der Waals surface area contributed by atoms with Gasteiger partial charge in [0.05, 0.1) is 13.2 Å². The van der Waals surface area contributed by atoms with Crippen LogP contribution in [0.1, 0.15) is 194 Å². The molecule has 0 radical (unpaired) electrons. The Morgan fingerprint density at radius 2 is 1.08 bits per heavy atom. The zero-order valence-corrected chi connectivity index (χ0v) is 31.5. The number of carboxylic acid groups (broad SMARTS) is 1. The number of nitrogens with one attached hydrogen (secondary N) is 2. The number of aliphatic hydroxyl groups is 1. The van der Waals surface area contributed by atoms with Crippen LogP contribution in [-0.2, 0) is 23.9 Å². The maximum atomic E-state index is 12.7. The molecule has 0 saturated carbocycles. The lowest BCUT2D eigenvalue weighted by molar-refractivity contribution is -0.147. The molecule has 49 heavy (non-hydrogen) atoms. The molecule has 9 heteroatoms. The molecule has 0 aliphatic heterocycles. The highest BCUT2D eigenvalue weighted by atomic mass is 16.5.